The van der Waals surface area contributed by atoms with Crippen LogP contribution in [-0.4, -0.2) is 37.2 Å². The molecule has 0 spiro atoms. The second-order valence-corrected chi connectivity index (χ2v) is 7.15. The third-order valence-electron chi connectivity index (χ3n) is 5.38. The van der Waals surface area contributed by atoms with Gasteiger partial charge in [-0.05, 0) is 31.7 Å². The fraction of sp³-hybridized carbons (Fsp3) is 0.474. The fourth-order valence-corrected chi connectivity index (χ4v) is 4.14. The van der Waals surface area contributed by atoms with E-state index < -0.39 is 0 Å². The van der Waals surface area contributed by atoms with Gasteiger partial charge < -0.3 is 16.0 Å². The molecule has 0 aromatic carbocycles. The fourth-order valence-electron chi connectivity index (χ4n) is 4.14. The van der Waals surface area contributed by atoms with Crippen molar-refractivity contribution in [3.05, 3.63) is 24.8 Å². The lowest BCUT2D eigenvalue weighted by molar-refractivity contribution is -0.119. The minimum atomic E-state index is -0.288. The van der Waals surface area contributed by atoms with Crippen LogP contribution in [0.2, 0.25) is 0 Å². The Morgan fingerprint density at radius 1 is 1.41 bits per heavy atom. The molecule has 0 saturated heterocycles. The highest BCUT2D eigenvalue weighted by atomic mass is 16.1. The highest BCUT2D eigenvalue weighted by Gasteiger charge is 2.30. The number of nitrogens with two attached hydrogens (primary N) is 1. The summed E-state index contributed by atoms with van der Waals surface area (Å²) in [6, 6.07) is 1.95. The number of rotatable bonds is 7. The number of carbonyl (C=O) groups is 1. The van der Waals surface area contributed by atoms with Gasteiger partial charge in [0.1, 0.15) is 12.0 Å². The molecule has 0 unspecified atom stereocenters. The predicted molar refractivity (Wildman–Crippen MR) is 104 cm³/mol. The molecular formula is C19H25N7O. The number of fused-ring (bicyclic) bond motifs is 1. The van der Waals surface area contributed by atoms with E-state index in [-0.39, 0.29) is 11.9 Å². The maximum absolute atomic E-state index is 11.7. The van der Waals surface area contributed by atoms with Crippen molar-refractivity contribution in [1.82, 2.24) is 24.7 Å². The topological polar surface area (TPSA) is 115 Å². The molecule has 3 heterocycles. The van der Waals surface area contributed by atoms with E-state index in [2.05, 4.69) is 20.3 Å². The standard InChI is InChI=1S/C19H25N7O/c1-2-21-19-14(17-13-7-8-22-18(13)24-11-23-17)10-26(25-19)15(9-16(20)27)12-5-3-4-6-12/h7-8,10-12,15H,2-6,9H2,1H3,(H2,20,27)(H,21,25)(H,22,23,24)/t15-/m1/s1. The average Bonchev–Trinajstić information content (AvgIpc) is 3.39. The molecule has 1 atom stereocenters. The summed E-state index contributed by atoms with van der Waals surface area (Å²) in [4.78, 5) is 23.6. The van der Waals surface area contributed by atoms with Gasteiger partial charge in [-0.3, -0.25) is 9.48 Å². The smallest absolute Gasteiger partial charge is 0.219 e. The molecule has 0 bridgehead atoms. The number of nitrogens with one attached hydrogen (secondary N) is 2. The van der Waals surface area contributed by atoms with Crippen LogP contribution in [0.25, 0.3) is 22.3 Å². The molecule has 3 aromatic heterocycles. The molecular weight excluding hydrogens is 342 g/mol. The Morgan fingerprint density at radius 3 is 2.96 bits per heavy atom. The van der Waals surface area contributed by atoms with E-state index >= 15 is 0 Å². The number of amides is 1. The van der Waals surface area contributed by atoms with Crippen LogP contribution in [0, 0.1) is 5.92 Å². The maximum atomic E-state index is 11.7. The second-order valence-electron chi connectivity index (χ2n) is 7.15. The van der Waals surface area contributed by atoms with Gasteiger partial charge in [0.2, 0.25) is 5.91 Å². The van der Waals surface area contributed by atoms with Gasteiger partial charge in [0.05, 0.1) is 17.3 Å². The van der Waals surface area contributed by atoms with Crippen molar-refractivity contribution in [2.75, 3.05) is 11.9 Å². The highest BCUT2D eigenvalue weighted by Crippen LogP contribution is 2.38. The Balaban J connectivity index is 1.79. The van der Waals surface area contributed by atoms with E-state index in [0.717, 1.165) is 47.5 Å². The van der Waals surface area contributed by atoms with E-state index in [9.17, 15) is 4.79 Å². The Labute approximate surface area is 157 Å². The average molecular weight is 367 g/mol. The largest absolute Gasteiger partial charge is 0.370 e. The van der Waals surface area contributed by atoms with Gasteiger partial charge in [-0.15, -0.1) is 0 Å². The van der Waals surface area contributed by atoms with E-state index in [4.69, 9.17) is 10.8 Å². The van der Waals surface area contributed by atoms with Gasteiger partial charge in [-0.1, -0.05) is 12.8 Å². The lowest BCUT2D eigenvalue weighted by atomic mass is 9.95. The molecule has 8 nitrogen and oxygen atoms in total. The van der Waals surface area contributed by atoms with Crippen molar-refractivity contribution in [3.8, 4) is 11.3 Å². The normalized spacial score (nSPS) is 16.0. The quantitative estimate of drug-likeness (QED) is 0.594. The molecule has 4 rings (SSSR count). The third-order valence-corrected chi connectivity index (χ3v) is 5.38. The van der Waals surface area contributed by atoms with Crippen LogP contribution in [0.15, 0.2) is 24.8 Å². The third kappa shape index (κ3) is 3.39. The number of aromatic nitrogens is 5. The summed E-state index contributed by atoms with van der Waals surface area (Å²) in [7, 11) is 0. The number of primary amides is 1. The molecule has 0 radical (unpaired) electrons. The molecule has 1 aliphatic carbocycles. The SMILES string of the molecule is CCNc1nn([C@H](CC(N)=O)C2CCCC2)cc1-c1ncnc2[nH]ccc12. The van der Waals surface area contributed by atoms with Crippen molar-refractivity contribution in [2.24, 2.45) is 11.7 Å². The summed E-state index contributed by atoms with van der Waals surface area (Å²) in [6.07, 6.45) is 10.3. The van der Waals surface area contributed by atoms with Crippen molar-refractivity contribution in [3.63, 3.8) is 0 Å². The van der Waals surface area contributed by atoms with Gasteiger partial charge in [0.25, 0.3) is 0 Å². The zero-order valence-electron chi connectivity index (χ0n) is 15.5. The van der Waals surface area contributed by atoms with Crippen LogP contribution in [0.3, 0.4) is 0 Å². The number of nitrogens with zero attached hydrogens (tertiary/aromatic N) is 4. The van der Waals surface area contributed by atoms with Gasteiger partial charge in [-0.2, -0.15) is 5.10 Å². The molecule has 142 valence electrons. The van der Waals surface area contributed by atoms with Gasteiger partial charge >= 0.3 is 0 Å². The number of aromatic amines is 1. The predicted octanol–water partition coefficient (Wildman–Crippen LogP) is 2.86. The summed E-state index contributed by atoms with van der Waals surface area (Å²) < 4.78 is 1.93. The first kappa shape index (κ1) is 17.5. The molecule has 4 N–H and O–H groups in total. The summed E-state index contributed by atoms with van der Waals surface area (Å²) in [5.41, 5.74) is 8.08. The summed E-state index contributed by atoms with van der Waals surface area (Å²) in [5.74, 6) is 0.910. The van der Waals surface area contributed by atoms with E-state index in [1.807, 2.05) is 30.1 Å². The first-order valence-corrected chi connectivity index (χ1v) is 9.57. The number of anilines is 1. The number of H-pyrrole nitrogens is 1. The van der Waals surface area contributed by atoms with Crippen molar-refractivity contribution < 1.29 is 4.79 Å². The van der Waals surface area contributed by atoms with Gasteiger partial charge in [0.15, 0.2) is 5.82 Å². The van der Waals surface area contributed by atoms with Gasteiger partial charge in [0, 0.05) is 30.7 Å². The summed E-state index contributed by atoms with van der Waals surface area (Å²) in [5, 5.41) is 9.07. The van der Waals surface area contributed by atoms with E-state index in [0.29, 0.717) is 12.3 Å². The molecule has 0 aliphatic heterocycles. The minimum Gasteiger partial charge on any atom is -0.370 e. The van der Waals surface area contributed by atoms with Crippen LogP contribution >= 0.6 is 0 Å². The zero-order valence-corrected chi connectivity index (χ0v) is 15.5. The first-order chi connectivity index (χ1) is 13.2. The van der Waals surface area contributed by atoms with Crippen LogP contribution in [0.1, 0.15) is 45.1 Å². The number of carbonyl (C=O) groups excluding carboxylic acids is 1. The lowest BCUT2D eigenvalue weighted by Gasteiger charge is -2.22. The summed E-state index contributed by atoms with van der Waals surface area (Å²) in [6.45, 7) is 2.78. The van der Waals surface area contributed by atoms with Crippen LogP contribution in [0.4, 0.5) is 5.82 Å². The number of hydrogen-bond donors (Lipinski definition) is 3. The number of hydrogen-bond acceptors (Lipinski definition) is 5. The van der Waals surface area contributed by atoms with Crippen LogP contribution in [0.5, 0.6) is 0 Å². The molecule has 1 saturated carbocycles. The van der Waals surface area contributed by atoms with E-state index in [1.165, 1.54) is 12.8 Å². The summed E-state index contributed by atoms with van der Waals surface area (Å²) >= 11 is 0. The maximum Gasteiger partial charge on any atom is 0.219 e. The van der Waals surface area contributed by atoms with Crippen LogP contribution < -0.4 is 11.1 Å². The molecule has 27 heavy (non-hydrogen) atoms. The molecule has 3 aromatic rings. The van der Waals surface area contributed by atoms with Crippen molar-refractivity contribution in [1.29, 1.82) is 0 Å². The van der Waals surface area contributed by atoms with Gasteiger partial charge in [-0.25, -0.2) is 9.97 Å². The lowest BCUT2D eigenvalue weighted by Crippen LogP contribution is -2.25. The Kier molecular flexibility index (Phi) is 4.79. The van der Waals surface area contributed by atoms with Crippen molar-refractivity contribution in [2.45, 2.75) is 45.1 Å². The monoisotopic (exact) mass is 367 g/mol. The Hall–Kier alpha value is -2.90. The highest BCUT2D eigenvalue weighted by molar-refractivity contribution is 5.93. The second kappa shape index (κ2) is 7.38. The van der Waals surface area contributed by atoms with Crippen molar-refractivity contribution >= 4 is 22.8 Å². The van der Waals surface area contributed by atoms with E-state index in [1.54, 1.807) is 6.33 Å². The molecule has 1 aliphatic rings. The molecule has 1 fully saturated rings. The minimum absolute atomic E-state index is 0.0142. The first-order valence-electron chi connectivity index (χ1n) is 9.57. The Bertz CT molecular complexity index is 939. The molecule has 1 amide bonds. The molecule has 8 heteroatoms. The zero-order chi connectivity index (χ0) is 18.8. The Morgan fingerprint density at radius 2 is 2.22 bits per heavy atom. The van der Waals surface area contributed by atoms with Crippen LogP contribution in [-0.2, 0) is 4.79 Å².